The van der Waals surface area contributed by atoms with Crippen LogP contribution < -0.4 is 20.7 Å². The average molecular weight is 538 g/mol. The van der Waals surface area contributed by atoms with Gasteiger partial charge in [-0.3, -0.25) is 14.4 Å². The lowest BCUT2D eigenvalue weighted by Crippen LogP contribution is -2.53. The molecule has 4 N–H and O–H groups in total. The summed E-state index contributed by atoms with van der Waals surface area (Å²) in [6.07, 6.45) is -1.25. The van der Waals surface area contributed by atoms with Gasteiger partial charge in [-0.15, -0.1) is 0 Å². The molecule has 0 unspecified atom stereocenters. The second kappa shape index (κ2) is 11.7. The molecule has 13 nitrogen and oxygen atoms in total. The van der Waals surface area contributed by atoms with Crippen molar-refractivity contribution in [1.82, 2.24) is 25.4 Å². The summed E-state index contributed by atoms with van der Waals surface area (Å²) in [6.45, 7) is 5.16. The Kier molecular flexibility index (Phi) is 8.89. The van der Waals surface area contributed by atoms with Gasteiger partial charge in [0, 0.05) is 18.7 Å². The number of sulfonamides is 1. The lowest BCUT2D eigenvalue weighted by Gasteiger charge is -2.24. The molecule has 0 aliphatic carbocycles. The van der Waals surface area contributed by atoms with Gasteiger partial charge in [0.1, 0.15) is 29.0 Å². The minimum Gasteiger partial charge on any atom is -0.491 e. The molecule has 0 saturated carbocycles. The van der Waals surface area contributed by atoms with E-state index >= 15 is 0 Å². The van der Waals surface area contributed by atoms with E-state index in [1.54, 1.807) is 19.1 Å². The summed E-state index contributed by atoms with van der Waals surface area (Å²) in [6, 6.07) is 3.41. The maximum atomic E-state index is 13.4. The first-order valence-corrected chi connectivity index (χ1v) is 13.1. The molecule has 2 heterocycles. The summed E-state index contributed by atoms with van der Waals surface area (Å²) >= 11 is 0. The number of hydrogen-bond donors (Lipinski definition) is 4. The normalized spacial score (nSPS) is 19.7. The number of nitrogens with one attached hydrogen (secondary N) is 3. The molecule has 0 fully saturated rings. The largest absolute Gasteiger partial charge is 0.491 e. The maximum absolute atomic E-state index is 13.4. The summed E-state index contributed by atoms with van der Waals surface area (Å²) in [4.78, 5) is 38.1. The summed E-state index contributed by atoms with van der Waals surface area (Å²) in [5.74, 6) is -1.46. The zero-order valence-corrected chi connectivity index (χ0v) is 21.8. The molecule has 3 rings (SSSR count). The molecular formula is C23H31N5O8S. The summed E-state index contributed by atoms with van der Waals surface area (Å²) in [7, 11) is -4.22. The van der Waals surface area contributed by atoms with Crippen molar-refractivity contribution in [2.75, 3.05) is 32.8 Å². The first-order chi connectivity index (χ1) is 17.4. The number of aromatic nitrogens is 1. The fraction of sp³-hybridized carbons (Fsp3) is 0.478. The summed E-state index contributed by atoms with van der Waals surface area (Å²) in [5, 5.41) is 21.4. The third-order valence-electron chi connectivity index (χ3n) is 5.73. The van der Waals surface area contributed by atoms with Crippen LogP contribution in [0.5, 0.6) is 5.75 Å². The fourth-order valence-electron chi connectivity index (χ4n) is 3.76. The molecular weight excluding hydrogens is 506 g/mol. The van der Waals surface area contributed by atoms with Gasteiger partial charge >= 0.3 is 0 Å². The van der Waals surface area contributed by atoms with Crippen LogP contribution in [0.3, 0.4) is 0 Å². The van der Waals surface area contributed by atoms with Gasteiger partial charge in [0.05, 0.1) is 19.2 Å². The van der Waals surface area contributed by atoms with E-state index in [1.807, 2.05) is 0 Å². The molecule has 2 atom stereocenters. The lowest BCUT2D eigenvalue weighted by atomic mass is 10.1. The molecule has 0 radical (unpaired) electrons. The number of aliphatic hydroxyl groups excluding tert-OH is 1. The molecule has 1 aromatic heterocycles. The van der Waals surface area contributed by atoms with E-state index in [0.29, 0.717) is 5.75 Å². The SMILES string of the molecule is Cc1ccc2cc1OCCNC(=O)CN(S(=O)(=O)c1c(C)noc1C)CCNC(=O)[C@H]([C@@H](C)O)NC2=O. The number of carbonyl (C=O) groups is 3. The Morgan fingerprint density at radius 1 is 1.14 bits per heavy atom. The van der Waals surface area contributed by atoms with Crippen LogP contribution in [-0.2, 0) is 19.6 Å². The van der Waals surface area contributed by atoms with Crippen molar-refractivity contribution in [3.63, 3.8) is 0 Å². The van der Waals surface area contributed by atoms with Crippen LogP contribution in [-0.4, -0.2) is 85.6 Å². The smallest absolute Gasteiger partial charge is 0.252 e. The average Bonchev–Trinajstić information content (AvgIpc) is 3.18. The second-order valence-electron chi connectivity index (χ2n) is 8.65. The maximum Gasteiger partial charge on any atom is 0.252 e. The number of hydrogen-bond acceptors (Lipinski definition) is 9. The molecule has 37 heavy (non-hydrogen) atoms. The lowest BCUT2D eigenvalue weighted by molar-refractivity contribution is -0.125. The van der Waals surface area contributed by atoms with Crippen molar-refractivity contribution < 1.29 is 37.2 Å². The first-order valence-electron chi connectivity index (χ1n) is 11.6. The Morgan fingerprint density at radius 2 is 1.86 bits per heavy atom. The number of fused-ring (bicyclic) bond motifs is 2. The number of ether oxygens (including phenoxy) is 1. The van der Waals surface area contributed by atoms with E-state index in [1.165, 1.54) is 26.8 Å². The molecule has 1 aliphatic rings. The highest BCUT2D eigenvalue weighted by molar-refractivity contribution is 7.89. The zero-order valence-electron chi connectivity index (χ0n) is 21.0. The van der Waals surface area contributed by atoms with E-state index in [0.717, 1.165) is 9.87 Å². The Hall–Kier alpha value is -3.49. The van der Waals surface area contributed by atoms with Gasteiger partial charge in [-0.2, -0.15) is 4.31 Å². The van der Waals surface area contributed by atoms with Crippen molar-refractivity contribution in [2.24, 2.45) is 0 Å². The van der Waals surface area contributed by atoms with E-state index in [2.05, 4.69) is 21.1 Å². The Morgan fingerprint density at radius 3 is 2.51 bits per heavy atom. The molecule has 2 bridgehead atoms. The fourth-order valence-corrected chi connectivity index (χ4v) is 5.45. The van der Waals surface area contributed by atoms with Crippen molar-refractivity contribution >= 4 is 27.7 Å². The monoisotopic (exact) mass is 537 g/mol. The number of carbonyl (C=O) groups excluding carboxylic acids is 3. The molecule has 3 amide bonds. The number of benzene rings is 1. The van der Waals surface area contributed by atoms with Gasteiger partial charge in [-0.1, -0.05) is 11.2 Å². The molecule has 202 valence electrons. The Balaban J connectivity index is 1.90. The van der Waals surface area contributed by atoms with E-state index in [4.69, 9.17) is 9.26 Å². The van der Waals surface area contributed by atoms with Gasteiger partial charge in [0.25, 0.3) is 5.91 Å². The number of nitrogens with zero attached hydrogens (tertiary/aromatic N) is 2. The van der Waals surface area contributed by atoms with Crippen LogP contribution in [0.15, 0.2) is 27.6 Å². The highest BCUT2D eigenvalue weighted by Gasteiger charge is 2.33. The van der Waals surface area contributed by atoms with Crippen LogP contribution in [0.25, 0.3) is 0 Å². The van der Waals surface area contributed by atoms with Crippen LogP contribution in [0.4, 0.5) is 0 Å². The summed E-state index contributed by atoms with van der Waals surface area (Å²) in [5.41, 5.74) is 1.08. The van der Waals surface area contributed by atoms with E-state index < -0.39 is 46.4 Å². The molecule has 14 heteroatoms. The number of rotatable bonds is 3. The van der Waals surface area contributed by atoms with Crippen molar-refractivity contribution in [3.05, 3.63) is 40.8 Å². The zero-order chi connectivity index (χ0) is 27.3. The third kappa shape index (κ3) is 6.64. The minimum atomic E-state index is -4.22. The van der Waals surface area contributed by atoms with E-state index in [-0.39, 0.29) is 48.2 Å². The molecule has 1 aliphatic heterocycles. The predicted molar refractivity (Wildman–Crippen MR) is 130 cm³/mol. The van der Waals surface area contributed by atoms with Crippen LogP contribution in [0.1, 0.15) is 34.3 Å². The topological polar surface area (TPSA) is 180 Å². The quantitative estimate of drug-likeness (QED) is 0.397. The number of aryl methyl sites for hydroxylation is 3. The Labute approximate surface area is 214 Å². The highest BCUT2D eigenvalue weighted by atomic mass is 32.2. The Bertz CT molecular complexity index is 1250. The summed E-state index contributed by atoms with van der Waals surface area (Å²) < 4.78 is 38.3. The highest BCUT2D eigenvalue weighted by Crippen LogP contribution is 2.23. The van der Waals surface area contributed by atoms with Crippen molar-refractivity contribution in [1.29, 1.82) is 0 Å². The van der Waals surface area contributed by atoms with Crippen molar-refractivity contribution in [2.45, 2.75) is 44.7 Å². The van der Waals surface area contributed by atoms with Gasteiger partial charge in [0.2, 0.25) is 21.8 Å². The second-order valence-corrected chi connectivity index (χ2v) is 10.5. The van der Waals surface area contributed by atoms with Gasteiger partial charge in [-0.05, 0) is 45.4 Å². The predicted octanol–water partition coefficient (Wildman–Crippen LogP) is -0.605. The number of aliphatic hydroxyl groups is 1. The standard InChI is InChI=1S/C23H31N5O8S/c1-13-5-6-17-11-18(13)35-10-8-24-19(30)12-28(37(33,34)21-14(2)27-36-16(21)4)9-7-25-23(32)20(15(3)29)26-22(17)31/h5-6,11,15,20,29H,7-10,12H2,1-4H3,(H,24,30)(H,25,32)(H,26,31)/t15-,20+/m1/s1. The number of amides is 3. The molecule has 0 saturated heterocycles. The van der Waals surface area contributed by atoms with Gasteiger partial charge in [0.15, 0.2) is 5.76 Å². The first kappa shape index (κ1) is 28.1. The van der Waals surface area contributed by atoms with E-state index in [9.17, 15) is 27.9 Å². The molecule has 0 spiro atoms. The van der Waals surface area contributed by atoms with Crippen LogP contribution in [0.2, 0.25) is 0 Å². The van der Waals surface area contributed by atoms with Crippen LogP contribution >= 0.6 is 0 Å². The van der Waals surface area contributed by atoms with Crippen LogP contribution in [0, 0.1) is 20.8 Å². The van der Waals surface area contributed by atoms with Crippen molar-refractivity contribution in [3.8, 4) is 5.75 Å². The molecule has 2 aromatic rings. The van der Waals surface area contributed by atoms with Gasteiger partial charge in [-0.25, -0.2) is 8.42 Å². The molecule has 1 aromatic carbocycles. The van der Waals surface area contributed by atoms with Gasteiger partial charge < -0.3 is 30.3 Å². The minimum absolute atomic E-state index is 0.0601. The third-order valence-corrected chi connectivity index (χ3v) is 7.82.